The largest absolute Gasteiger partial charge is 0.298 e. The van der Waals surface area contributed by atoms with Crippen molar-refractivity contribution >= 4 is 6.29 Å². The minimum atomic E-state index is 0.719. The number of aromatic nitrogens is 1. The van der Waals surface area contributed by atoms with Crippen LogP contribution in [-0.2, 0) is 0 Å². The van der Waals surface area contributed by atoms with Crippen molar-refractivity contribution in [2.24, 2.45) is 0 Å². The number of carbonyl (C=O) groups is 1. The summed E-state index contributed by atoms with van der Waals surface area (Å²) in [6.07, 6.45) is 2.66. The molecule has 0 amide bonds. The number of hydrogen-bond acceptors (Lipinski definition) is 2. The monoisotopic (exact) mass is 211 g/mol. The Balaban J connectivity index is 2.62. The lowest BCUT2D eigenvalue weighted by atomic mass is 9.98. The minimum Gasteiger partial charge on any atom is -0.298 e. The SMILES string of the molecule is Cc1ccc(C=O)c(-c2ccnc(C)c2)c1. The summed E-state index contributed by atoms with van der Waals surface area (Å²) >= 11 is 0. The maximum atomic E-state index is 11.0. The molecule has 0 aliphatic carbocycles. The van der Waals surface area contributed by atoms with E-state index in [9.17, 15) is 4.79 Å². The highest BCUT2D eigenvalue weighted by Gasteiger charge is 2.05. The first-order chi connectivity index (χ1) is 7.70. The first kappa shape index (κ1) is 10.6. The molecule has 0 saturated carbocycles. The molecule has 0 atom stereocenters. The van der Waals surface area contributed by atoms with Crippen LogP contribution in [0.1, 0.15) is 21.6 Å². The standard InChI is InChI=1S/C14H13NO/c1-10-3-4-13(9-16)14(7-10)12-5-6-15-11(2)8-12/h3-9H,1-2H3. The molecule has 0 spiro atoms. The van der Waals surface area contributed by atoms with Gasteiger partial charge >= 0.3 is 0 Å². The van der Waals surface area contributed by atoms with Gasteiger partial charge in [-0.25, -0.2) is 0 Å². The molecule has 2 heteroatoms. The number of hydrogen-bond donors (Lipinski definition) is 0. The van der Waals surface area contributed by atoms with Crippen molar-refractivity contribution in [1.29, 1.82) is 0 Å². The van der Waals surface area contributed by atoms with Gasteiger partial charge in [0.15, 0.2) is 6.29 Å². The fourth-order valence-corrected chi connectivity index (χ4v) is 1.74. The zero-order chi connectivity index (χ0) is 11.5. The summed E-state index contributed by atoms with van der Waals surface area (Å²) in [5.74, 6) is 0. The van der Waals surface area contributed by atoms with Gasteiger partial charge in [-0.05, 0) is 37.1 Å². The number of nitrogens with zero attached hydrogens (tertiary/aromatic N) is 1. The van der Waals surface area contributed by atoms with Gasteiger partial charge in [0, 0.05) is 17.5 Å². The van der Waals surface area contributed by atoms with Crippen LogP contribution in [0.15, 0.2) is 36.5 Å². The Morgan fingerprint density at radius 2 is 1.94 bits per heavy atom. The molecule has 0 saturated heterocycles. The summed E-state index contributed by atoms with van der Waals surface area (Å²) in [4.78, 5) is 15.1. The van der Waals surface area contributed by atoms with Gasteiger partial charge in [0.25, 0.3) is 0 Å². The molecule has 0 N–H and O–H groups in total. The highest BCUT2D eigenvalue weighted by molar-refractivity contribution is 5.87. The Bertz CT molecular complexity index is 532. The van der Waals surface area contributed by atoms with Crippen LogP contribution in [0.25, 0.3) is 11.1 Å². The van der Waals surface area contributed by atoms with E-state index in [1.165, 1.54) is 0 Å². The third-order valence-corrected chi connectivity index (χ3v) is 2.54. The molecule has 0 fully saturated rings. The van der Waals surface area contributed by atoms with Gasteiger partial charge in [0.1, 0.15) is 0 Å². The normalized spacial score (nSPS) is 10.1. The second kappa shape index (κ2) is 4.27. The predicted octanol–water partition coefficient (Wildman–Crippen LogP) is 3.18. The van der Waals surface area contributed by atoms with Crippen molar-refractivity contribution < 1.29 is 4.79 Å². The first-order valence-electron chi connectivity index (χ1n) is 5.19. The minimum absolute atomic E-state index is 0.719. The van der Waals surface area contributed by atoms with E-state index in [2.05, 4.69) is 4.98 Å². The number of benzene rings is 1. The maximum absolute atomic E-state index is 11.0. The molecule has 80 valence electrons. The topological polar surface area (TPSA) is 30.0 Å². The molecule has 1 aromatic carbocycles. The van der Waals surface area contributed by atoms with Crippen molar-refractivity contribution in [2.75, 3.05) is 0 Å². The predicted molar refractivity (Wildman–Crippen MR) is 64.5 cm³/mol. The molecule has 1 heterocycles. The van der Waals surface area contributed by atoms with Crippen molar-refractivity contribution in [3.05, 3.63) is 53.3 Å². The Labute approximate surface area is 95.0 Å². The number of aryl methyl sites for hydroxylation is 2. The molecule has 2 aromatic rings. The van der Waals surface area contributed by atoms with Crippen molar-refractivity contribution in [3.63, 3.8) is 0 Å². The molecular weight excluding hydrogens is 198 g/mol. The third-order valence-electron chi connectivity index (χ3n) is 2.54. The van der Waals surface area contributed by atoms with E-state index < -0.39 is 0 Å². The number of rotatable bonds is 2. The highest BCUT2D eigenvalue weighted by Crippen LogP contribution is 2.24. The molecule has 0 radical (unpaired) electrons. The molecule has 2 rings (SSSR count). The lowest BCUT2D eigenvalue weighted by molar-refractivity contribution is 0.112. The Hall–Kier alpha value is -1.96. The van der Waals surface area contributed by atoms with Crippen molar-refractivity contribution in [3.8, 4) is 11.1 Å². The first-order valence-corrected chi connectivity index (χ1v) is 5.19. The van der Waals surface area contributed by atoms with Gasteiger partial charge in [-0.1, -0.05) is 23.8 Å². The van der Waals surface area contributed by atoms with Crippen LogP contribution in [0.2, 0.25) is 0 Å². The van der Waals surface area contributed by atoms with Gasteiger partial charge in [0.2, 0.25) is 0 Å². The van der Waals surface area contributed by atoms with E-state index >= 15 is 0 Å². The van der Waals surface area contributed by atoms with Gasteiger partial charge in [0.05, 0.1) is 0 Å². The number of pyridine rings is 1. The van der Waals surface area contributed by atoms with Crippen LogP contribution in [0.4, 0.5) is 0 Å². The van der Waals surface area contributed by atoms with E-state index in [1.54, 1.807) is 6.20 Å². The average molecular weight is 211 g/mol. The zero-order valence-corrected chi connectivity index (χ0v) is 9.40. The van der Waals surface area contributed by atoms with Gasteiger partial charge < -0.3 is 0 Å². The van der Waals surface area contributed by atoms with Crippen LogP contribution >= 0.6 is 0 Å². The summed E-state index contributed by atoms with van der Waals surface area (Å²) < 4.78 is 0. The smallest absolute Gasteiger partial charge is 0.150 e. The molecule has 16 heavy (non-hydrogen) atoms. The summed E-state index contributed by atoms with van der Waals surface area (Å²) in [5.41, 5.74) is 4.83. The van der Waals surface area contributed by atoms with Crippen LogP contribution in [0, 0.1) is 13.8 Å². The third kappa shape index (κ3) is 2.01. The molecule has 1 aromatic heterocycles. The van der Waals surface area contributed by atoms with Gasteiger partial charge in [-0.15, -0.1) is 0 Å². The molecule has 2 nitrogen and oxygen atoms in total. The summed E-state index contributed by atoms with van der Waals surface area (Å²) in [7, 11) is 0. The molecule has 0 bridgehead atoms. The number of carbonyl (C=O) groups excluding carboxylic acids is 1. The fraction of sp³-hybridized carbons (Fsp3) is 0.143. The lowest BCUT2D eigenvalue weighted by Gasteiger charge is -2.06. The van der Waals surface area contributed by atoms with E-state index in [1.807, 2.05) is 44.2 Å². The Morgan fingerprint density at radius 1 is 1.12 bits per heavy atom. The Kier molecular flexibility index (Phi) is 2.82. The highest BCUT2D eigenvalue weighted by atomic mass is 16.1. The molecule has 0 aliphatic heterocycles. The quantitative estimate of drug-likeness (QED) is 0.714. The molecule has 0 unspecified atom stereocenters. The second-order valence-electron chi connectivity index (χ2n) is 3.89. The lowest BCUT2D eigenvalue weighted by Crippen LogP contribution is -1.90. The number of aldehydes is 1. The van der Waals surface area contributed by atoms with E-state index in [0.717, 1.165) is 34.2 Å². The summed E-state index contributed by atoms with van der Waals surface area (Å²) in [6.45, 7) is 3.96. The zero-order valence-electron chi connectivity index (χ0n) is 9.40. The maximum Gasteiger partial charge on any atom is 0.150 e. The average Bonchev–Trinajstić information content (AvgIpc) is 2.29. The van der Waals surface area contributed by atoms with Crippen molar-refractivity contribution in [2.45, 2.75) is 13.8 Å². The fourth-order valence-electron chi connectivity index (χ4n) is 1.74. The molecule has 0 aliphatic rings. The second-order valence-corrected chi connectivity index (χ2v) is 3.89. The van der Waals surface area contributed by atoms with Gasteiger partial charge in [-0.3, -0.25) is 9.78 Å². The van der Waals surface area contributed by atoms with Gasteiger partial charge in [-0.2, -0.15) is 0 Å². The van der Waals surface area contributed by atoms with Crippen LogP contribution in [-0.4, -0.2) is 11.3 Å². The molecular formula is C14H13NO. The van der Waals surface area contributed by atoms with Crippen LogP contribution in [0.5, 0.6) is 0 Å². The summed E-state index contributed by atoms with van der Waals surface area (Å²) in [6, 6.07) is 9.74. The van der Waals surface area contributed by atoms with E-state index in [4.69, 9.17) is 0 Å². The Morgan fingerprint density at radius 3 is 2.62 bits per heavy atom. The van der Waals surface area contributed by atoms with Crippen LogP contribution in [0.3, 0.4) is 0 Å². The van der Waals surface area contributed by atoms with E-state index in [0.29, 0.717) is 0 Å². The summed E-state index contributed by atoms with van der Waals surface area (Å²) in [5, 5.41) is 0. The van der Waals surface area contributed by atoms with Crippen molar-refractivity contribution in [1.82, 2.24) is 4.98 Å². The van der Waals surface area contributed by atoms with Crippen LogP contribution < -0.4 is 0 Å². The van der Waals surface area contributed by atoms with E-state index in [-0.39, 0.29) is 0 Å².